The van der Waals surface area contributed by atoms with Crippen molar-refractivity contribution >= 4 is 12.2 Å². The van der Waals surface area contributed by atoms with Crippen molar-refractivity contribution < 1.29 is 24.2 Å². The highest BCUT2D eigenvalue weighted by molar-refractivity contribution is 5.84. The molecule has 0 spiro atoms. The average Bonchev–Trinajstić information content (AvgIpc) is 3.37. The molecule has 2 N–H and O–H groups in total. The maximum atomic E-state index is 13.5. The molecule has 0 saturated carbocycles. The minimum Gasteiger partial charge on any atom is -0.497 e. The molecule has 190 valence electrons. The normalized spacial score (nSPS) is 16.5. The molecule has 1 amide bonds. The Labute approximate surface area is 208 Å². The summed E-state index contributed by atoms with van der Waals surface area (Å²) in [4.78, 5) is 26.9. The van der Waals surface area contributed by atoms with Gasteiger partial charge in [-0.05, 0) is 81.6 Å². The van der Waals surface area contributed by atoms with Gasteiger partial charge in [-0.1, -0.05) is 24.3 Å². The lowest BCUT2D eigenvalue weighted by atomic mass is 9.92. The van der Waals surface area contributed by atoms with Gasteiger partial charge in [-0.3, -0.25) is 4.79 Å². The van der Waals surface area contributed by atoms with Crippen LogP contribution in [0.1, 0.15) is 62.7 Å². The van der Waals surface area contributed by atoms with Gasteiger partial charge in [0.1, 0.15) is 23.9 Å². The maximum absolute atomic E-state index is 13.5. The number of methoxy groups -OCH3 is 1. The van der Waals surface area contributed by atoms with E-state index in [1.807, 2.05) is 50.2 Å². The van der Waals surface area contributed by atoms with Gasteiger partial charge in [-0.2, -0.15) is 0 Å². The molecule has 1 aliphatic rings. The number of rotatable bonds is 13. The number of aliphatic hydroxyl groups excluding tert-OH is 1. The van der Waals surface area contributed by atoms with Crippen LogP contribution in [0.3, 0.4) is 0 Å². The number of aldehydes is 1. The number of benzene rings is 2. The predicted molar refractivity (Wildman–Crippen MR) is 136 cm³/mol. The summed E-state index contributed by atoms with van der Waals surface area (Å²) in [5.74, 6) is 0.749. The van der Waals surface area contributed by atoms with Crippen LogP contribution in [-0.2, 0) is 9.59 Å². The Bertz CT molecular complexity index is 923. The molecular formula is C28H38N2O5. The van der Waals surface area contributed by atoms with Crippen molar-refractivity contribution in [3.63, 3.8) is 0 Å². The van der Waals surface area contributed by atoms with Gasteiger partial charge in [0.25, 0.3) is 0 Å². The van der Waals surface area contributed by atoms with E-state index in [4.69, 9.17) is 9.47 Å². The van der Waals surface area contributed by atoms with Gasteiger partial charge in [0.05, 0.1) is 25.2 Å². The average molecular weight is 483 g/mol. The number of amides is 1. The van der Waals surface area contributed by atoms with Gasteiger partial charge in [0.15, 0.2) is 0 Å². The Kier molecular flexibility index (Phi) is 10.1. The molecule has 3 unspecified atom stereocenters. The SMILES string of the molecule is COc1ccc(C(O)C(CN2CCCC2)NC(=O)C(CCC=O)c2ccc(OC(C)C)cc2)cc1. The highest BCUT2D eigenvalue weighted by Crippen LogP contribution is 2.27. The summed E-state index contributed by atoms with van der Waals surface area (Å²) in [6, 6.07) is 14.2. The number of hydrogen-bond acceptors (Lipinski definition) is 6. The smallest absolute Gasteiger partial charge is 0.227 e. The fourth-order valence-corrected chi connectivity index (χ4v) is 4.52. The molecule has 3 atom stereocenters. The number of hydrogen-bond donors (Lipinski definition) is 2. The van der Waals surface area contributed by atoms with E-state index in [1.165, 1.54) is 0 Å². The largest absolute Gasteiger partial charge is 0.497 e. The molecule has 35 heavy (non-hydrogen) atoms. The van der Waals surface area contributed by atoms with Crippen LogP contribution in [0, 0.1) is 0 Å². The third kappa shape index (κ3) is 7.80. The van der Waals surface area contributed by atoms with Crippen LogP contribution >= 0.6 is 0 Å². The van der Waals surface area contributed by atoms with Crippen LogP contribution in [0.5, 0.6) is 11.5 Å². The number of nitrogens with one attached hydrogen (secondary N) is 1. The van der Waals surface area contributed by atoms with Crippen LogP contribution in [-0.4, -0.2) is 61.1 Å². The lowest BCUT2D eigenvalue weighted by Gasteiger charge is -2.30. The highest BCUT2D eigenvalue weighted by Gasteiger charge is 2.30. The van der Waals surface area contributed by atoms with Gasteiger partial charge in [-0.15, -0.1) is 0 Å². The number of carbonyl (C=O) groups is 2. The molecule has 1 saturated heterocycles. The molecule has 2 aromatic carbocycles. The summed E-state index contributed by atoms with van der Waals surface area (Å²) < 4.78 is 11.0. The molecule has 3 rings (SSSR count). The van der Waals surface area contributed by atoms with Gasteiger partial charge in [-0.25, -0.2) is 0 Å². The molecule has 7 heteroatoms. The van der Waals surface area contributed by atoms with Crippen molar-refractivity contribution in [2.24, 2.45) is 0 Å². The van der Waals surface area contributed by atoms with E-state index >= 15 is 0 Å². The number of nitrogens with zero attached hydrogens (tertiary/aromatic N) is 1. The zero-order chi connectivity index (χ0) is 25.2. The minimum absolute atomic E-state index is 0.0563. The molecule has 0 radical (unpaired) electrons. The lowest BCUT2D eigenvalue weighted by molar-refractivity contribution is -0.124. The Hall–Kier alpha value is -2.90. The van der Waals surface area contributed by atoms with Gasteiger partial charge >= 0.3 is 0 Å². The van der Waals surface area contributed by atoms with Crippen molar-refractivity contribution in [2.45, 2.75) is 63.7 Å². The van der Waals surface area contributed by atoms with E-state index in [1.54, 1.807) is 19.2 Å². The maximum Gasteiger partial charge on any atom is 0.227 e. The Morgan fingerprint density at radius 3 is 2.20 bits per heavy atom. The summed E-state index contributed by atoms with van der Waals surface area (Å²) in [6.07, 6.45) is 2.93. The monoisotopic (exact) mass is 482 g/mol. The van der Waals surface area contributed by atoms with E-state index in [0.29, 0.717) is 18.7 Å². The molecule has 0 aliphatic carbocycles. The van der Waals surface area contributed by atoms with Crippen molar-refractivity contribution in [1.29, 1.82) is 0 Å². The molecule has 0 aromatic heterocycles. The van der Waals surface area contributed by atoms with Crippen molar-refractivity contribution in [1.82, 2.24) is 10.2 Å². The summed E-state index contributed by atoms with van der Waals surface area (Å²) >= 11 is 0. The molecule has 1 aliphatic heterocycles. The standard InChI is InChI=1S/C28H38N2O5/c1-20(2)35-24-14-8-21(9-15-24)25(7-6-18-31)28(33)29-26(19-30-16-4-5-17-30)27(32)22-10-12-23(34-3)13-11-22/h8-15,18,20,25-27,32H,4-7,16-17,19H2,1-3H3,(H,29,33). The number of ether oxygens (including phenoxy) is 2. The van der Waals surface area contributed by atoms with E-state index in [0.717, 1.165) is 49.1 Å². The Morgan fingerprint density at radius 2 is 1.63 bits per heavy atom. The van der Waals surface area contributed by atoms with Crippen molar-refractivity contribution in [2.75, 3.05) is 26.7 Å². The summed E-state index contributed by atoms with van der Waals surface area (Å²) in [6.45, 7) is 6.38. The second kappa shape index (κ2) is 13.3. The first-order chi connectivity index (χ1) is 16.9. The van der Waals surface area contributed by atoms with Gasteiger partial charge < -0.3 is 29.6 Å². The summed E-state index contributed by atoms with van der Waals surface area (Å²) in [5.41, 5.74) is 1.54. The second-order valence-corrected chi connectivity index (χ2v) is 9.37. The van der Waals surface area contributed by atoms with Crippen molar-refractivity contribution in [3.8, 4) is 11.5 Å². The molecule has 1 fully saturated rings. The van der Waals surface area contributed by atoms with Crippen LogP contribution < -0.4 is 14.8 Å². The number of carbonyl (C=O) groups excluding carboxylic acids is 2. The van der Waals surface area contributed by atoms with Gasteiger partial charge in [0, 0.05) is 13.0 Å². The number of likely N-dealkylation sites (tertiary alicyclic amines) is 1. The van der Waals surface area contributed by atoms with E-state index in [2.05, 4.69) is 10.2 Å². The van der Waals surface area contributed by atoms with Crippen molar-refractivity contribution in [3.05, 3.63) is 59.7 Å². The fourth-order valence-electron chi connectivity index (χ4n) is 4.52. The zero-order valence-corrected chi connectivity index (χ0v) is 21.0. The quantitative estimate of drug-likeness (QED) is 0.422. The number of aliphatic hydroxyl groups is 1. The van der Waals surface area contributed by atoms with Crippen LogP contribution in [0.15, 0.2) is 48.5 Å². The zero-order valence-electron chi connectivity index (χ0n) is 21.0. The van der Waals surface area contributed by atoms with Gasteiger partial charge in [0.2, 0.25) is 5.91 Å². The first-order valence-electron chi connectivity index (χ1n) is 12.5. The Balaban J connectivity index is 1.80. The third-order valence-electron chi connectivity index (χ3n) is 6.36. The lowest BCUT2D eigenvalue weighted by Crippen LogP contribution is -2.48. The first kappa shape index (κ1) is 26.7. The van der Waals surface area contributed by atoms with E-state index in [-0.39, 0.29) is 18.4 Å². The predicted octanol–water partition coefficient (Wildman–Crippen LogP) is 3.86. The molecule has 7 nitrogen and oxygen atoms in total. The van der Waals surface area contributed by atoms with E-state index < -0.39 is 18.1 Å². The molecule has 2 aromatic rings. The van der Waals surface area contributed by atoms with Crippen LogP contribution in [0.4, 0.5) is 0 Å². The topological polar surface area (TPSA) is 88.1 Å². The molecular weight excluding hydrogens is 444 g/mol. The fraction of sp³-hybridized carbons (Fsp3) is 0.500. The summed E-state index contributed by atoms with van der Waals surface area (Å²) in [5, 5.41) is 14.4. The molecule has 0 bridgehead atoms. The third-order valence-corrected chi connectivity index (χ3v) is 6.36. The van der Waals surface area contributed by atoms with E-state index in [9.17, 15) is 14.7 Å². The highest BCUT2D eigenvalue weighted by atomic mass is 16.5. The first-order valence-corrected chi connectivity index (χ1v) is 12.5. The molecule has 1 heterocycles. The Morgan fingerprint density at radius 1 is 1.03 bits per heavy atom. The van der Waals surface area contributed by atoms with Crippen LogP contribution in [0.25, 0.3) is 0 Å². The van der Waals surface area contributed by atoms with Crippen LogP contribution in [0.2, 0.25) is 0 Å². The summed E-state index contributed by atoms with van der Waals surface area (Å²) in [7, 11) is 1.60. The second-order valence-electron chi connectivity index (χ2n) is 9.37. The minimum atomic E-state index is -0.876.